The molecule has 2 nitrogen and oxygen atoms in total. The normalized spacial score (nSPS) is 11.0. The number of nitrogens with one attached hydrogen (secondary N) is 1. The highest BCUT2D eigenvalue weighted by Crippen LogP contribution is 2.28. The van der Waals surface area contributed by atoms with Crippen molar-refractivity contribution in [1.29, 1.82) is 0 Å². The van der Waals surface area contributed by atoms with Gasteiger partial charge in [0.05, 0.1) is 10.5 Å². The van der Waals surface area contributed by atoms with E-state index in [-0.39, 0.29) is 0 Å². The molecule has 0 saturated heterocycles. The molecule has 1 aromatic heterocycles. The van der Waals surface area contributed by atoms with Crippen LogP contribution in [-0.2, 0) is 6.54 Å². The molecule has 0 saturated carbocycles. The second-order valence-corrected chi connectivity index (χ2v) is 3.50. The Bertz CT molecular complexity index is 445. The Hall–Kier alpha value is -0.990. The molecule has 3 N–H and O–H groups in total. The van der Waals surface area contributed by atoms with E-state index < -0.39 is 0 Å². The minimum atomic E-state index is 0.451. The van der Waals surface area contributed by atoms with Crippen LogP contribution in [0.25, 0.3) is 10.9 Å². The summed E-state index contributed by atoms with van der Waals surface area (Å²) < 4.78 is 0. The van der Waals surface area contributed by atoms with E-state index >= 15 is 0 Å². The van der Waals surface area contributed by atoms with Crippen molar-refractivity contribution >= 4 is 22.5 Å². The number of hydrogen-bond acceptors (Lipinski definition) is 1. The standard InChI is InChI=1S/C10H11ClN2/c1-6-3-2-4-7-9(11)8(5-12)13-10(6)7/h2-4,13H,5,12H2,1H3. The third-order valence-corrected chi connectivity index (χ3v) is 2.69. The molecule has 1 heterocycles. The largest absolute Gasteiger partial charge is 0.356 e. The summed E-state index contributed by atoms with van der Waals surface area (Å²) in [7, 11) is 0. The van der Waals surface area contributed by atoms with Crippen molar-refractivity contribution in [2.75, 3.05) is 0 Å². The van der Waals surface area contributed by atoms with Crippen molar-refractivity contribution in [2.24, 2.45) is 5.73 Å². The number of rotatable bonds is 1. The van der Waals surface area contributed by atoms with E-state index in [1.165, 1.54) is 5.56 Å². The maximum atomic E-state index is 6.12. The Morgan fingerprint density at radius 3 is 2.85 bits per heavy atom. The van der Waals surface area contributed by atoms with Gasteiger partial charge in [-0.15, -0.1) is 0 Å². The lowest BCUT2D eigenvalue weighted by Gasteiger charge is -1.93. The smallest absolute Gasteiger partial charge is 0.0705 e. The van der Waals surface area contributed by atoms with Crippen LogP contribution in [0.1, 0.15) is 11.3 Å². The van der Waals surface area contributed by atoms with E-state index in [1.54, 1.807) is 0 Å². The third kappa shape index (κ3) is 1.23. The topological polar surface area (TPSA) is 41.8 Å². The summed E-state index contributed by atoms with van der Waals surface area (Å²) in [4.78, 5) is 3.22. The van der Waals surface area contributed by atoms with Gasteiger partial charge in [-0.05, 0) is 12.5 Å². The zero-order chi connectivity index (χ0) is 9.42. The number of aryl methyl sites for hydroxylation is 1. The van der Waals surface area contributed by atoms with Crippen LogP contribution in [0.3, 0.4) is 0 Å². The van der Waals surface area contributed by atoms with Gasteiger partial charge in [-0.1, -0.05) is 29.8 Å². The molecule has 0 radical (unpaired) electrons. The summed E-state index contributed by atoms with van der Waals surface area (Å²) in [5.41, 5.74) is 8.74. The minimum Gasteiger partial charge on any atom is -0.356 e. The average Bonchev–Trinajstić information content (AvgIpc) is 2.45. The van der Waals surface area contributed by atoms with Crippen molar-refractivity contribution in [3.63, 3.8) is 0 Å². The number of benzene rings is 1. The average molecular weight is 195 g/mol. The summed E-state index contributed by atoms with van der Waals surface area (Å²) in [5.74, 6) is 0. The molecule has 0 amide bonds. The van der Waals surface area contributed by atoms with Crippen molar-refractivity contribution in [3.8, 4) is 0 Å². The van der Waals surface area contributed by atoms with E-state index in [2.05, 4.69) is 18.0 Å². The van der Waals surface area contributed by atoms with Crippen LogP contribution in [0.2, 0.25) is 5.02 Å². The molecule has 0 atom stereocenters. The molecule has 0 spiro atoms. The van der Waals surface area contributed by atoms with E-state index in [0.717, 1.165) is 21.6 Å². The summed E-state index contributed by atoms with van der Waals surface area (Å²) in [6.45, 7) is 2.50. The van der Waals surface area contributed by atoms with Gasteiger partial charge in [0.1, 0.15) is 0 Å². The van der Waals surface area contributed by atoms with Crippen molar-refractivity contribution < 1.29 is 0 Å². The van der Waals surface area contributed by atoms with Crippen LogP contribution in [0.4, 0.5) is 0 Å². The Morgan fingerprint density at radius 2 is 2.23 bits per heavy atom. The van der Waals surface area contributed by atoms with Crippen molar-refractivity contribution in [3.05, 3.63) is 34.5 Å². The molecule has 2 aromatic rings. The van der Waals surface area contributed by atoms with Gasteiger partial charge in [0.25, 0.3) is 0 Å². The SMILES string of the molecule is Cc1cccc2c(Cl)c(CN)[nH]c12. The number of fused-ring (bicyclic) bond motifs is 1. The molecule has 68 valence electrons. The zero-order valence-corrected chi connectivity index (χ0v) is 8.15. The van der Waals surface area contributed by atoms with Gasteiger partial charge in [-0.2, -0.15) is 0 Å². The van der Waals surface area contributed by atoms with Crippen LogP contribution >= 0.6 is 11.6 Å². The summed E-state index contributed by atoms with van der Waals surface area (Å²) in [6, 6.07) is 6.05. The molecular weight excluding hydrogens is 184 g/mol. The minimum absolute atomic E-state index is 0.451. The maximum Gasteiger partial charge on any atom is 0.0705 e. The lowest BCUT2D eigenvalue weighted by molar-refractivity contribution is 1.02. The van der Waals surface area contributed by atoms with Crippen LogP contribution < -0.4 is 5.73 Å². The number of nitrogens with two attached hydrogens (primary N) is 1. The number of aromatic nitrogens is 1. The molecule has 0 aliphatic heterocycles. The maximum absolute atomic E-state index is 6.12. The van der Waals surface area contributed by atoms with Gasteiger partial charge < -0.3 is 10.7 Å². The Balaban J connectivity index is 2.83. The van der Waals surface area contributed by atoms with Gasteiger partial charge in [-0.3, -0.25) is 0 Å². The molecule has 1 aromatic carbocycles. The van der Waals surface area contributed by atoms with Crippen LogP contribution in [-0.4, -0.2) is 4.98 Å². The van der Waals surface area contributed by atoms with Crippen LogP contribution in [0, 0.1) is 6.92 Å². The first-order chi connectivity index (χ1) is 6.24. The molecule has 0 unspecified atom stereocenters. The number of aromatic amines is 1. The van der Waals surface area contributed by atoms with Gasteiger partial charge >= 0.3 is 0 Å². The van der Waals surface area contributed by atoms with E-state index in [4.69, 9.17) is 17.3 Å². The summed E-state index contributed by atoms with van der Waals surface area (Å²) in [6.07, 6.45) is 0. The second-order valence-electron chi connectivity index (χ2n) is 3.12. The molecule has 13 heavy (non-hydrogen) atoms. The van der Waals surface area contributed by atoms with Gasteiger partial charge in [0, 0.05) is 17.6 Å². The molecule has 0 aliphatic rings. The highest BCUT2D eigenvalue weighted by Gasteiger charge is 2.08. The zero-order valence-electron chi connectivity index (χ0n) is 7.39. The van der Waals surface area contributed by atoms with Gasteiger partial charge in [0.15, 0.2) is 0 Å². The number of hydrogen-bond donors (Lipinski definition) is 2. The summed E-state index contributed by atoms with van der Waals surface area (Å²) >= 11 is 6.12. The monoisotopic (exact) mass is 194 g/mol. The highest BCUT2D eigenvalue weighted by atomic mass is 35.5. The van der Waals surface area contributed by atoms with Crippen molar-refractivity contribution in [1.82, 2.24) is 4.98 Å². The van der Waals surface area contributed by atoms with Crippen LogP contribution in [0.5, 0.6) is 0 Å². The predicted molar refractivity (Wildman–Crippen MR) is 55.9 cm³/mol. The molecule has 2 rings (SSSR count). The Morgan fingerprint density at radius 1 is 1.46 bits per heavy atom. The van der Waals surface area contributed by atoms with Crippen LogP contribution in [0.15, 0.2) is 18.2 Å². The second kappa shape index (κ2) is 3.05. The molecule has 0 fully saturated rings. The first kappa shape index (κ1) is 8.60. The van der Waals surface area contributed by atoms with E-state index in [9.17, 15) is 0 Å². The number of halogens is 1. The highest BCUT2D eigenvalue weighted by molar-refractivity contribution is 6.36. The number of H-pyrrole nitrogens is 1. The lowest BCUT2D eigenvalue weighted by atomic mass is 10.2. The van der Waals surface area contributed by atoms with Gasteiger partial charge in [-0.25, -0.2) is 0 Å². The Labute approximate surface area is 81.7 Å². The summed E-state index contributed by atoms with van der Waals surface area (Å²) in [5, 5.41) is 1.81. The molecule has 3 heteroatoms. The fraction of sp³-hybridized carbons (Fsp3) is 0.200. The first-order valence-corrected chi connectivity index (χ1v) is 4.57. The molecular formula is C10H11ClN2. The lowest BCUT2D eigenvalue weighted by Crippen LogP contribution is -1.96. The fourth-order valence-corrected chi connectivity index (χ4v) is 1.81. The fourth-order valence-electron chi connectivity index (χ4n) is 1.53. The molecule has 0 bridgehead atoms. The first-order valence-electron chi connectivity index (χ1n) is 4.19. The van der Waals surface area contributed by atoms with Crippen molar-refractivity contribution in [2.45, 2.75) is 13.5 Å². The Kier molecular flexibility index (Phi) is 2.02. The third-order valence-electron chi connectivity index (χ3n) is 2.25. The van der Waals surface area contributed by atoms with E-state index in [0.29, 0.717) is 6.54 Å². The van der Waals surface area contributed by atoms with Gasteiger partial charge in [0.2, 0.25) is 0 Å². The van der Waals surface area contributed by atoms with E-state index in [1.807, 2.05) is 12.1 Å². The molecule has 0 aliphatic carbocycles. The quantitative estimate of drug-likeness (QED) is 0.720. The predicted octanol–water partition coefficient (Wildman–Crippen LogP) is 2.59. The number of para-hydroxylation sites is 1.